The zero-order valence-electron chi connectivity index (χ0n) is 10.9. The molecule has 0 amide bonds. The third kappa shape index (κ3) is 2.92. The summed E-state index contributed by atoms with van der Waals surface area (Å²) in [6.45, 7) is 2.81. The second kappa shape index (κ2) is 5.12. The van der Waals surface area contributed by atoms with Crippen LogP contribution in [0.1, 0.15) is 39.0 Å². The van der Waals surface area contributed by atoms with Crippen LogP contribution in [0.4, 0.5) is 5.95 Å². The lowest BCUT2D eigenvalue weighted by Gasteiger charge is -2.17. The number of nitrogens with zero attached hydrogens (tertiary/aromatic N) is 2. The van der Waals surface area contributed by atoms with Crippen molar-refractivity contribution in [2.45, 2.75) is 45.1 Å². The molecule has 0 aliphatic heterocycles. The van der Waals surface area contributed by atoms with Crippen molar-refractivity contribution in [1.82, 2.24) is 9.97 Å². The molecule has 1 aromatic heterocycles. The highest BCUT2D eigenvalue weighted by atomic mass is 16.5. The molecular formula is C14H21N3O. The monoisotopic (exact) mass is 247 g/mol. The molecule has 2 saturated carbocycles. The van der Waals surface area contributed by atoms with E-state index < -0.39 is 0 Å². The normalized spacial score (nSPS) is 19.0. The maximum Gasteiger partial charge on any atom is 0.226 e. The summed E-state index contributed by atoms with van der Waals surface area (Å²) in [6, 6.07) is 2.41. The smallest absolute Gasteiger partial charge is 0.226 e. The SMILES string of the molecule is CCCOc1ccnc(NC(C2CC2)C2CC2)n1. The summed E-state index contributed by atoms with van der Waals surface area (Å²) < 4.78 is 5.54. The average molecular weight is 247 g/mol. The Labute approximate surface area is 108 Å². The van der Waals surface area contributed by atoms with Crippen LogP contribution < -0.4 is 10.1 Å². The molecule has 2 aliphatic rings. The fourth-order valence-corrected chi connectivity index (χ4v) is 2.38. The van der Waals surface area contributed by atoms with Crippen LogP contribution in [-0.2, 0) is 0 Å². The molecule has 4 heteroatoms. The van der Waals surface area contributed by atoms with E-state index in [1.54, 1.807) is 6.20 Å². The number of aromatic nitrogens is 2. The van der Waals surface area contributed by atoms with Crippen molar-refractivity contribution >= 4 is 5.95 Å². The van der Waals surface area contributed by atoms with Crippen molar-refractivity contribution in [3.63, 3.8) is 0 Å². The first kappa shape index (κ1) is 11.8. The maximum atomic E-state index is 5.54. The van der Waals surface area contributed by atoms with Crippen molar-refractivity contribution in [3.05, 3.63) is 12.3 Å². The van der Waals surface area contributed by atoms with E-state index in [0.717, 1.165) is 24.2 Å². The molecule has 98 valence electrons. The highest BCUT2D eigenvalue weighted by molar-refractivity contribution is 5.30. The van der Waals surface area contributed by atoms with E-state index in [9.17, 15) is 0 Å². The second-order valence-electron chi connectivity index (χ2n) is 5.41. The molecule has 0 saturated heterocycles. The molecule has 3 rings (SSSR count). The lowest BCUT2D eigenvalue weighted by atomic mass is 10.1. The van der Waals surface area contributed by atoms with Gasteiger partial charge >= 0.3 is 0 Å². The Bertz CT molecular complexity index is 390. The number of rotatable bonds is 7. The number of anilines is 1. The Morgan fingerprint density at radius 2 is 2.06 bits per heavy atom. The molecule has 4 nitrogen and oxygen atoms in total. The molecule has 0 spiro atoms. The van der Waals surface area contributed by atoms with Crippen molar-refractivity contribution in [2.75, 3.05) is 11.9 Å². The van der Waals surface area contributed by atoms with Gasteiger partial charge in [-0.1, -0.05) is 6.92 Å². The van der Waals surface area contributed by atoms with E-state index in [4.69, 9.17) is 4.74 Å². The zero-order valence-corrected chi connectivity index (χ0v) is 10.9. The first-order valence-electron chi connectivity index (χ1n) is 7.09. The van der Waals surface area contributed by atoms with E-state index in [0.29, 0.717) is 18.5 Å². The Kier molecular flexibility index (Phi) is 3.35. The lowest BCUT2D eigenvalue weighted by molar-refractivity contribution is 0.305. The van der Waals surface area contributed by atoms with Gasteiger partial charge in [-0.3, -0.25) is 0 Å². The van der Waals surface area contributed by atoms with Crippen LogP contribution in [0.5, 0.6) is 5.88 Å². The van der Waals surface area contributed by atoms with Gasteiger partial charge in [-0.15, -0.1) is 0 Å². The summed E-state index contributed by atoms with van der Waals surface area (Å²) >= 11 is 0. The molecule has 1 aromatic rings. The van der Waals surface area contributed by atoms with E-state index in [2.05, 4.69) is 22.2 Å². The molecule has 18 heavy (non-hydrogen) atoms. The Morgan fingerprint density at radius 1 is 1.33 bits per heavy atom. The highest BCUT2D eigenvalue weighted by Gasteiger charge is 2.41. The van der Waals surface area contributed by atoms with Crippen LogP contribution in [0, 0.1) is 11.8 Å². The summed E-state index contributed by atoms with van der Waals surface area (Å²) in [5.41, 5.74) is 0. The molecule has 1 N–H and O–H groups in total. The van der Waals surface area contributed by atoms with E-state index in [-0.39, 0.29) is 0 Å². The first-order chi connectivity index (χ1) is 8.86. The molecule has 2 fully saturated rings. The summed E-state index contributed by atoms with van der Waals surface area (Å²) in [4.78, 5) is 8.73. The van der Waals surface area contributed by atoms with Crippen molar-refractivity contribution in [1.29, 1.82) is 0 Å². The highest BCUT2D eigenvalue weighted by Crippen LogP contribution is 2.45. The summed E-state index contributed by atoms with van der Waals surface area (Å²) in [6.07, 6.45) is 8.22. The maximum absolute atomic E-state index is 5.54. The quantitative estimate of drug-likeness (QED) is 0.804. The van der Waals surface area contributed by atoms with Crippen molar-refractivity contribution in [3.8, 4) is 5.88 Å². The Balaban J connectivity index is 1.63. The van der Waals surface area contributed by atoms with Gasteiger partial charge < -0.3 is 10.1 Å². The fraction of sp³-hybridized carbons (Fsp3) is 0.714. The van der Waals surface area contributed by atoms with Gasteiger partial charge in [0.2, 0.25) is 11.8 Å². The van der Waals surface area contributed by atoms with Crippen LogP contribution in [0.25, 0.3) is 0 Å². The van der Waals surface area contributed by atoms with Crippen LogP contribution in [-0.4, -0.2) is 22.6 Å². The standard InChI is InChI=1S/C14H21N3O/c1-2-9-18-12-7-8-15-14(16-12)17-13(10-3-4-10)11-5-6-11/h7-8,10-11,13H,2-6,9H2,1H3,(H,15,16,17). The minimum atomic E-state index is 0.589. The van der Waals surface area contributed by atoms with Crippen LogP contribution in [0.3, 0.4) is 0 Å². The number of hydrogen-bond acceptors (Lipinski definition) is 4. The summed E-state index contributed by atoms with van der Waals surface area (Å²) in [7, 11) is 0. The molecule has 1 heterocycles. The predicted molar refractivity (Wildman–Crippen MR) is 70.7 cm³/mol. The molecule has 0 radical (unpaired) electrons. The fourth-order valence-electron chi connectivity index (χ4n) is 2.38. The summed E-state index contributed by atoms with van der Waals surface area (Å²) in [5.74, 6) is 3.11. The third-order valence-electron chi connectivity index (χ3n) is 3.64. The van der Waals surface area contributed by atoms with E-state index in [1.165, 1.54) is 25.7 Å². The average Bonchev–Trinajstić information content (AvgIpc) is 3.28. The summed E-state index contributed by atoms with van der Waals surface area (Å²) in [5, 5.41) is 3.52. The second-order valence-corrected chi connectivity index (χ2v) is 5.41. The van der Waals surface area contributed by atoms with Crippen molar-refractivity contribution in [2.24, 2.45) is 11.8 Å². The largest absolute Gasteiger partial charge is 0.478 e. The topological polar surface area (TPSA) is 47.0 Å². The number of ether oxygens (including phenoxy) is 1. The first-order valence-corrected chi connectivity index (χ1v) is 7.09. The van der Waals surface area contributed by atoms with Gasteiger partial charge in [-0.2, -0.15) is 4.98 Å². The van der Waals surface area contributed by atoms with Gasteiger partial charge in [0.1, 0.15) is 0 Å². The lowest BCUT2D eigenvalue weighted by Crippen LogP contribution is -2.25. The van der Waals surface area contributed by atoms with Crippen LogP contribution in [0.2, 0.25) is 0 Å². The third-order valence-corrected chi connectivity index (χ3v) is 3.64. The van der Waals surface area contributed by atoms with E-state index >= 15 is 0 Å². The van der Waals surface area contributed by atoms with Gasteiger partial charge in [-0.05, 0) is 43.9 Å². The van der Waals surface area contributed by atoms with Crippen LogP contribution in [0.15, 0.2) is 12.3 Å². The van der Waals surface area contributed by atoms with E-state index in [1.807, 2.05) is 6.07 Å². The Hall–Kier alpha value is -1.32. The van der Waals surface area contributed by atoms with Gasteiger partial charge in [0, 0.05) is 18.3 Å². The van der Waals surface area contributed by atoms with Crippen LogP contribution >= 0.6 is 0 Å². The van der Waals surface area contributed by atoms with Gasteiger partial charge in [0.25, 0.3) is 0 Å². The predicted octanol–water partition coefficient (Wildman–Crippen LogP) is 2.87. The molecule has 0 aromatic carbocycles. The van der Waals surface area contributed by atoms with Gasteiger partial charge in [0.15, 0.2) is 0 Å². The van der Waals surface area contributed by atoms with Gasteiger partial charge in [-0.25, -0.2) is 4.98 Å². The minimum Gasteiger partial charge on any atom is -0.478 e. The molecular weight excluding hydrogens is 226 g/mol. The number of hydrogen-bond donors (Lipinski definition) is 1. The molecule has 2 aliphatic carbocycles. The van der Waals surface area contributed by atoms with Crippen molar-refractivity contribution < 1.29 is 4.74 Å². The number of nitrogens with one attached hydrogen (secondary N) is 1. The zero-order chi connectivity index (χ0) is 12.4. The molecule has 0 atom stereocenters. The van der Waals surface area contributed by atoms with Gasteiger partial charge in [0.05, 0.1) is 6.61 Å². The Morgan fingerprint density at radius 3 is 2.67 bits per heavy atom. The molecule has 0 bridgehead atoms. The minimum absolute atomic E-state index is 0.589. The molecule has 0 unspecified atom stereocenters.